The molecule has 3 atom stereocenters. The topological polar surface area (TPSA) is 42.4 Å². The van der Waals surface area contributed by atoms with Crippen LogP contribution in [0.3, 0.4) is 0 Å². The van der Waals surface area contributed by atoms with Crippen molar-refractivity contribution < 1.29 is 9.53 Å². The van der Waals surface area contributed by atoms with Crippen molar-refractivity contribution in [2.24, 2.45) is 0 Å². The highest BCUT2D eigenvalue weighted by atomic mass is 32.2. The Bertz CT molecular complexity index is 507. The Morgan fingerprint density at radius 3 is 2.65 bits per heavy atom. The van der Waals surface area contributed by atoms with Crippen molar-refractivity contribution in [3.63, 3.8) is 0 Å². The molecule has 1 aromatic rings. The number of amides is 1. The standard InChI is InChI=1S/C18H28N2O2S/c1-5-13(3)20(14(4)6-2)18(21)16-8-7-10-19-17(16)22-15-9-11-23-12-15/h7-8,10,13-15H,5-6,9,11-12H2,1-4H3. The number of hydrogen-bond donors (Lipinski definition) is 0. The Balaban J connectivity index is 2.25. The number of rotatable bonds is 7. The van der Waals surface area contributed by atoms with Crippen LogP contribution in [0.2, 0.25) is 0 Å². The van der Waals surface area contributed by atoms with Crippen LogP contribution in [0.1, 0.15) is 57.3 Å². The first-order valence-corrected chi connectivity index (χ1v) is 9.76. The van der Waals surface area contributed by atoms with E-state index in [1.54, 1.807) is 6.20 Å². The van der Waals surface area contributed by atoms with E-state index in [9.17, 15) is 4.79 Å². The molecule has 1 fully saturated rings. The van der Waals surface area contributed by atoms with E-state index >= 15 is 0 Å². The van der Waals surface area contributed by atoms with Gasteiger partial charge in [-0.3, -0.25) is 4.79 Å². The third-order valence-electron chi connectivity index (χ3n) is 4.53. The lowest BCUT2D eigenvalue weighted by Gasteiger charge is -2.34. The first kappa shape index (κ1) is 18.1. The lowest BCUT2D eigenvalue weighted by molar-refractivity contribution is 0.0590. The maximum Gasteiger partial charge on any atom is 0.259 e. The van der Waals surface area contributed by atoms with E-state index in [-0.39, 0.29) is 24.1 Å². The van der Waals surface area contributed by atoms with E-state index in [0.29, 0.717) is 11.4 Å². The summed E-state index contributed by atoms with van der Waals surface area (Å²) < 4.78 is 6.03. The summed E-state index contributed by atoms with van der Waals surface area (Å²) >= 11 is 1.89. The normalized spacial score (nSPS) is 20.1. The molecule has 2 rings (SSSR count). The molecular weight excluding hydrogens is 308 g/mol. The van der Waals surface area contributed by atoms with E-state index in [4.69, 9.17) is 4.74 Å². The molecule has 2 heterocycles. The third-order valence-corrected chi connectivity index (χ3v) is 5.67. The molecule has 0 radical (unpaired) electrons. The summed E-state index contributed by atoms with van der Waals surface area (Å²) in [5.41, 5.74) is 0.588. The molecule has 3 unspecified atom stereocenters. The van der Waals surface area contributed by atoms with Crippen LogP contribution in [-0.4, -0.2) is 45.5 Å². The first-order chi connectivity index (χ1) is 11.1. The molecular formula is C18H28N2O2S. The summed E-state index contributed by atoms with van der Waals surface area (Å²) in [4.78, 5) is 19.5. The van der Waals surface area contributed by atoms with Gasteiger partial charge in [-0.1, -0.05) is 13.8 Å². The molecule has 1 aliphatic heterocycles. The summed E-state index contributed by atoms with van der Waals surface area (Å²) in [7, 11) is 0. The molecule has 0 aliphatic carbocycles. The SMILES string of the molecule is CCC(C)N(C(=O)c1cccnc1OC1CCSC1)C(C)CC. The second kappa shape index (κ2) is 8.57. The van der Waals surface area contributed by atoms with Crippen LogP contribution in [0, 0.1) is 0 Å². The highest BCUT2D eigenvalue weighted by Crippen LogP contribution is 2.26. The van der Waals surface area contributed by atoms with E-state index in [1.165, 1.54) is 0 Å². The second-order valence-electron chi connectivity index (χ2n) is 6.19. The highest BCUT2D eigenvalue weighted by molar-refractivity contribution is 7.99. The van der Waals surface area contributed by atoms with Crippen molar-refractivity contribution in [1.29, 1.82) is 0 Å². The van der Waals surface area contributed by atoms with Gasteiger partial charge in [0.2, 0.25) is 5.88 Å². The fourth-order valence-electron chi connectivity index (χ4n) is 2.78. The fraction of sp³-hybridized carbons (Fsp3) is 0.667. The third kappa shape index (κ3) is 4.40. The van der Waals surface area contributed by atoms with E-state index in [2.05, 4.69) is 32.7 Å². The van der Waals surface area contributed by atoms with Crippen molar-refractivity contribution in [2.75, 3.05) is 11.5 Å². The number of ether oxygens (including phenoxy) is 1. The zero-order valence-electron chi connectivity index (χ0n) is 14.6. The Kier molecular flexibility index (Phi) is 6.75. The van der Waals surface area contributed by atoms with Gasteiger partial charge >= 0.3 is 0 Å². The lowest BCUT2D eigenvalue weighted by atomic mass is 10.1. The van der Waals surface area contributed by atoms with Crippen molar-refractivity contribution >= 4 is 17.7 Å². The first-order valence-electron chi connectivity index (χ1n) is 8.60. The van der Waals surface area contributed by atoms with Gasteiger partial charge < -0.3 is 9.64 Å². The van der Waals surface area contributed by atoms with Crippen LogP contribution >= 0.6 is 11.8 Å². The zero-order valence-corrected chi connectivity index (χ0v) is 15.4. The molecule has 23 heavy (non-hydrogen) atoms. The summed E-state index contributed by atoms with van der Waals surface area (Å²) in [6.45, 7) is 8.44. The lowest BCUT2D eigenvalue weighted by Crippen LogP contribution is -2.44. The van der Waals surface area contributed by atoms with Gasteiger partial charge in [0.05, 0.1) is 0 Å². The molecule has 0 saturated carbocycles. The van der Waals surface area contributed by atoms with Crippen LogP contribution < -0.4 is 4.74 Å². The van der Waals surface area contributed by atoms with Crippen molar-refractivity contribution in [1.82, 2.24) is 9.88 Å². The Labute approximate surface area is 144 Å². The van der Waals surface area contributed by atoms with E-state index < -0.39 is 0 Å². The van der Waals surface area contributed by atoms with Crippen LogP contribution in [0.5, 0.6) is 5.88 Å². The number of carbonyl (C=O) groups excluding carboxylic acids is 1. The molecule has 1 aromatic heterocycles. The van der Waals surface area contributed by atoms with Gasteiger partial charge in [-0.05, 0) is 51.0 Å². The average molecular weight is 337 g/mol. The molecule has 128 valence electrons. The van der Waals surface area contributed by atoms with Crippen molar-refractivity contribution in [3.05, 3.63) is 23.9 Å². The number of carbonyl (C=O) groups is 1. The minimum absolute atomic E-state index is 0.0300. The largest absolute Gasteiger partial charge is 0.473 e. The van der Waals surface area contributed by atoms with Gasteiger partial charge in [0.25, 0.3) is 5.91 Å². The molecule has 1 amide bonds. The zero-order chi connectivity index (χ0) is 16.8. The predicted molar refractivity (Wildman–Crippen MR) is 96.3 cm³/mol. The highest BCUT2D eigenvalue weighted by Gasteiger charge is 2.28. The van der Waals surface area contributed by atoms with Crippen molar-refractivity contribution in [3.8, 4) is 5.88 Å². The maximum atomic E-state index is 13.1. The predicted octanol–water partition coefficient (Wildman–Crippen LogP) is 4.01. The number of thioether (sulfide) groups is 1. The molecule has 5 heteroatoms. The van der Waals surface area contributed by atoms with Gasteiger partial charge in [-0.2, -0.15) is 11.8 Å². The van der Waals surface area contributed by atoms with Crippen LogP contribution in [0.4, 0.5) is 0 Å². The fourth-order valence-corrected chi connectivity index (χ4v) is 3.87. The number of aromatic nitrogens is 1. The monoisotopic (exact) mass is 336 g/mol. The summed E-state index contributed by atoms with van der Waals surface area (Å²) in [5.74, 6) is 2.61. The van der Waals surface area contributed by atoms with Gasteiger partial charge in [-0.15, -0.1) is 0 Å². The van der Waals surface area contributed by atoms with E-state index in [1.807, 2.05) is 28.8 Å². The minimum atomic E-state index is 0.0300. The number of nitrogens with zero attached hydrogens (tertiary/aromatic N) is 2. The van der Waals surface area contributed by atoms with Crippen LogP contribution in [0.25, 0.3) is 0 Å². The van der Waals surface area contributed by atoms with Crippen LogP contribution in [-0.2, 0) is 0 Å². The van der Waals surface area contributed by atoms with Gasteiger partial charge in [-0.25, -0.2) is 4.98 Å². The molecule has 0 N–H and O–H groups in total. The quantitative estimate of drug-likeness (QED) is 0.754. The summed E-state index contributed by atoms with van der Waals surface area (Å²) in [6, 6.07) is 4.06. The van der Waals surface area contributed by atoms with Gasteiger partial charge in [0.1, 0.15) is 11.7 Å². The minimum Gasteiger partial charge on any atom is -0.473 e. The molecule has 0 spiro atoms. The Morgan fingerprint density at radius 2 is 2.09 bits per heavy atom. The molecule has 1 saturated heterocycles. The summed E-state index contributed by atoms with van der Waals surface area (Å²) in [5, 5.41) is 0. The molecule has 4 nitrogen and oxygen atoms in total. The molecule has 0 aromatic carbocycles. The number of pyridine rings is 1. The molecule has 1 aliphatic rings. The summed E-state index contributed by atoms with van der Waals surface area (Å²) in [6.07, 6.45) is 4.76. The maximum absolute atomic E-state index is 13.1. The second-order valence-corrected chi connectivity index (χ2v) is 7.34. The van der Waals surface area contributed by atoms with Gasteiger partial charge in [0.15, 0.2) is 0 Å². The Hall–Kier alpha value is -1.23. The van der Waals surface area contributed by atoms with Crippen LogP contribution in [0.15, 0.2) is 18.3 Å². The van der Waals surface area contributed by atoms with Gasteiger partial charge in [0, 0.05) is 24.0 Å². The molecule has 0 bridgehead atoms. The smallest absolute Gasteiger partial charge is 0.259 e. The van der Waals surface area contributed by atoms with Crippen molar-refractivity contribution in [2.45, 2.75) is 65.1 Å². The van der Waals surface area contributed by atoms with E-state index in [0.717, 1.165) is 30.8 Å². The number of hydrogen-bond acceptors (Lipinski definition) is 4. The average Bonchev–Trinajstić information content (AvgIpc) is 3.08. The Morgan fingerprint density at radius 1 is 1.39 bits per heavy atom.